The fourth-order valence-electron chi connectivity index (χ4n) is 2.11. The summed E-state index contributed by atoms with van der Waals surface area (Å²) in [6.45, 7) is 2.55. The lowest BCUT2D eigenvalue weighted by molar-refractivity contribution is 0.340. The van der Waals surface area contributed by atoms with Gasteiger partial charge in [0.2, 0.25) is 5.75 Å². The second kappa shape index (κ2) is 9.47. The summed E-state index contributed by atoms with van der Waals surface area (Å²) in [6.07, 6.45) is 1.54. The molecular formula is C18H21N3O4S. The van der Waals surface area contributed by atoms with Gasteiger partial charge < -0.3 is 24.6 Å². The van der Waals surface area contributed by atoms with Crippen molar-refractivity contribution < 1.29 is 19.3 Å². The molecule has 0 aliphatic rings. The highest BCUT2D eigenvalue weighted by Crippen LogP contribution is 2.36. The van der Waals surface area contributed by atoms with Crippen molar-refractivity contribution in [3.8, 4) is 23.0 Å². The number of hydrogen-bond acceptors (Lipinski definition) is 6. The summed E-state index contributed by atoms with van der Waals surface area (Å²) in [5.74, 6) is 1.32. The third kappa shape index (κ3) is 5.25. The lowest BCUT2D eigenvalue weighted by atomic mass is 10.2. The van der Waals surface area contributed by atoms with Crippen LogP contribution in [0.15, 0.2) is 41.5 Å². The van der Waals surface area contributed by atoms with E-state index < -0.39 is 0 Å². The predicted octanol–water partition coefficient (Wildman–Crippen LogP) is 3.13. The van der Waals surface area contributed by atoms with Crippen molar-refractivity contribution in [3.05, 3.63) is 42.0 Å². The van der Waals surface area contributed by atoms with Gasteiger partial charge in [-0.1, -0.05) is 0 Å². The van der Waals surface area contributed by atoms with E-state index in [0.29, 0.717) is 28.8 Å². The molecule has 0 atom stereocenters. The molecule has 0 saturated heterocycles. The van der Waals surface area contributed by atoms with E-state index in [9.17, 15) is 5.11 Å². The Bertz CT molecular complexity index is 754. The van der Waals surface area contributed by atoms with Crippen molar-refractivity contribution in [1.29, 1.82) is 0 Å². The van der Waals surface area contributed by atoms with Crippen LogP contribution >= 0.6 is 12.2 Å². The Balaban J connectivity index is 1.96. The monoisotopic (exact) mass is 375 g/mol. The van der Waals surface area contributed by atoms with Gasteiger partial charge in [-0.2, -0.15) is 5.10 Å². The molecule has 0 aliphatic heterocycles. The first kappa shape index (κ1) is 19.3. The highest BCUT2D eigenvalue weighted by Gasteiger charge is 2.10. The molecule has 3 N–H and O–H groups in total. The van der Waals surface area contributed by atoms with Crippen LogP contribution < -0.4 is 25.0 Å². The quantitative estimate of drug-likeness (QED) is 0.389. The van der Waals surface area contributed by atoms with Crippen LogP contribution in [0, 0.1) is 0 Å². The van der Waals surface area contributed by atoms with Gasteiger partial charge in [-0.05, 0) is 55.5 Å². The minimum Gasteiger partial charge on any atom is -0.502 e. The first-order valence-electron chi connectivity index (χ1n) is 7.85. The molecule has 0 spiro atoms. The minimum absolute atomic E-state index is 0.0622. The number of methoxy groups -OCH3 is 2. The molecule has 0 heterocycles. The summed E-state index contributed by atoms with van der Waals surface area (Å²) < 4.78 is 15.6. The van der Waals surface area contributed by atoms with Crippen molar-refractivity contribution in [1.82, 2.24) is 5.43 Å². The molecule has 0 fully saturated rings. The zero-order valence-electron chi connectivity index (χ0n) is 14.8. The fourth-order valence-corrected chi connectivity index (χ4v) is 2.28. The fraction of sp³-hybridized carbons (Fsp3) is 0.222. The number of hydrazone groups is 1. The van der Waals surface area contributed by atoms with Crippen LogP contribution in [0.2, 0.25) is 0 Å². The first-order chi connectivity index (χ1) is 12.6. The molecule has 7 nitrogen and oxygen atoms in total. The van der Waals surface area contributed by atoms with Gasteiger partial charge in [0.05, 0.1) is 27.0 Å². The summed E-state index contributed by atoms with van der Waals surface area (Å²) in [4.78, 5) is 0. The lowest BCUT2D eigenvalue weighted by Gasteiger charge is -2.10. The highest BCUT2D eigenvalue weighted by molar-refractivity contribution is 7.80. The van der Waals surface area contributed by atoms with Crippen molar-refractivity contribution in [3.63, 3.8) is 0 Å². The van der Waals surface area contributed by atoms with E-state index in [1.165, 1.54) is 20.4 Å². The summed E-state index contributed by atoms with van der Waals surface area (Å²) >= 11 is 5.20. The zero-order valence-corrected chi connectivity index (χ0v) is 15.6. The number of anilines is 1. The van der Waals surface area contributed by atoms with Crippen LogP contribution in [0.1, 0.15) is 12.5 Å². The SMILES string of the molecule is CCOc1ccc(NC(=S)N/N=C/c2cc(OC)c(O)c(OC)c2)cc1. The molecular weight excluding hydrogens is 354 g/mol. The summed E-state index contributed by atoms with van der Waals surface area (Å²) in [5.41, 5.74) is 4.21. The summed E-state index contributed by atoms with van der Waals surface area (Å²) in [6, 6.07) is 10.7. The Hall–Kier alpha value is -3.00. The van der Waals surface area contributed by atoms with Gasteiger partial charge in [0.25, 0.3) is 0 Å². The average molecular weight is 375 g/mol. The van der Waals surface area contributed by atoms with Gasteiger partial charge in [-0.25, -0.2) is 0 Å². The van der Waals surface area contributed by atoms with E-state index >= 15 is 0 Å². The average Bonchev–Trinajstić information content (AvgIpc) is 2.64. The van der Waals surface area contributed by atoms with Crippen LogP contribution in [-0.4, -0.2) is 37.3 Å². The molecule has 138 valence electrons. The Morgan fingerprint density at radius 2 is 1.77 bits per heavy atom. The predicted molar refractivity (Wildman–Crippen MR) is 106 cm³/mol. The lowest BCUT2D eigenvalue weighted by Crippen LogP contribution is -2.23. The number of aromatic hydroxyl groups is 1. The number of phenols is 1. The second-order valence-electron chi connectivity index (χ2n) is 5.06. The van der Waals surface area contributed by atoms with Gasteiger partial charge >= 0.3 is 0 Å². The smallest absolute Gasteiger partial charge is 0.200 e. The maximum atomic E-state index is 9.89. The van der Waals surface area contributed by atoms with Crippen LogP contribution in [0.3, 0.4) is 0 Å². The van der Waals surface area contributed by atoms with Crippen molar-refractivity contribution >= 4 is 29.2 Å². The Morgan fingerprint density at radius 1 is 1.15 bits per heavy atom. The molecule has 2 aromatic rings. The van der Waals surface area contributed by atoms with E-state index in [2.05, 4.69) is 15.8 Å². The maximum absolute atomic E-state index is 9.89. The van der Waals surface area contributed by atoms with Crippen molar-refractivity contribution in [2.24, 2.45) is 5.10 Å². The molecule has 0 amide bonds. The number of phenolic OH excluding ortho intramolecular Hbond substituents is 1. The highest BCUT2D eigenvalue weighted by atomic mass is 32.1. The number of ether oxygens (including phenoxy) is 3. The largest absolute Gasteiger partial charge is 0.502 e. The number of rotatable bonds is 7. The van der Waals surface area contributed by atoms with Crippen LogP contribution in [0.4, 0.5) is 5.69 Å². The molecule has 8 heteroatoms. The molecule has 2 aromatic carbocycles. The van der Waals surface area contributed by atoms with Crippen LogP contribution in [0.5, 0.6) is 23.0 Å². The van der Waals surface area contributed by atoms with E-state index in [4.69, 9.17) is 26.4 Å². The van der Waals surface area contributed by atoms with Crippen LogP contribution in [0.25, 0.3) is 0 Å². The van der Waals surface area contributed by atoms with Crippen molar-refractivity contribution in [2.75, 3.05) is 26.1 Å². The molecule has 0 bridgehead atoms. The molecule has 0 aliphatic carbocycles. The standard InChI is InChI=1S/C18H21N3O4S/c1-4-25-14-7-5-13(6-8-14)20-18(26)21-19-11-12-9-15(23-2)17(22)16(10-12)24-3/h5-11,22H,4H2,1-3H3,(H2,20,21,26)/b19-11+. The molecule has 26 heavy (non-hydrogen) atoms. The topological polar surface area (TPSA) is 84.3 Å². The van der Waals surface area contributed by atoms with E-state index in [1.807, 2.05) is 31.2 Å². The summed E-state index contributed by atoms with van der Waals surface area (Å²) in [7, 11) is 2.92. The minimum atomic E-state index is -0.0622. The molecule has 0 saturated carbocycles. The number of hydrogen-bond donors (Lipinski definition) is 3. The van der Waals surface area contributed by atoms with Gasteiger partial charge in [-0.15, -0.1) is 0 Å². The Morgan fingerprint density at radius 3 is 2.31 bits per heavy atom. The van der Waals surface area contributed by atoms with Gasteiger partial charge in [0.15, 0.2) is 16.6 Å². The van der Waals surface area contributed by atoms with E-state index in [0.717, 1.165) is 11.4 Å². The molecule has 0 aromatic heterocycles. The number of nitrogens with zero attached hydrogens (tertiary/aromatic N) is 1. The molecule has 0 radical (unpaired) electrons. The third-order valence-electron chi connectivity index (χ3n) is 3.31. The van der Waals surface area contributed by atoms with Crippen LogP contribution in [-0.2, 0) is 0 Å². The van der Waals surface area contributed by atoms with Gasteiger partial charge in [-0.3, -0.25) is 5.43 Å². The molecule has 0 unspecified atom stereocenters. The summed E-state index contributed by atoms with van der Waals surface area (Å²) in [5, 5.41) is 17.3. The normalized spacial score (nSPS) is 10.4. The molecule has 2 rings (SSSR count). The second-order valence-corrected chi connectivity index (χ2v) is 5.46. The Labute approximate surface area is 157 Å². The number of benzene rings is 2. The Kier molecular flexibility index (Phi) is 7.04. The third-order valence-corrected chi connectivity index (χ3v) is 3.50. The number of thiocarbonyl (C=S) groups is 1. The van der Waals surface area contributed by atoms with E-state index in [-0.39, 0.29) is 5.75 Å². The van der Waals surface area contributed by atoms with Gasteiger partial charge in [0.1, 0.15) is 5.75 Å². The first-order valence-corrected chi connectivity index (χ1v) is 8.26. The maximum Gasteiger partial charge on any atom is 0.200 e. The van der Waals surface area contributed by atoms with Gasteiger partial charge in [0, 0.05) is 11.3 Å². The van der Waals surface area contributed by atoms with E-state index in [1.54, 1.807) is 12.1 Å². The van der Waals surface area contributed by atoms with Crippen molar-refractivity contribution in [2.45, 2.75) is 6.92 Å². The zero-order chi connectivity index (χ0) is 18.9. The number of nitrogens with one attached hydrogen (secondary N) is 2.